The van der Waals surface area contributed by atoms with E-state index in [2.05, 4.69) is 0 Å². The summed E-state index contributed by atoms with van der Waals surface area (Å²) >= 11 is 0. The number of piperidine rings is 1. The number of likely N-dealkylation sites (tertiary alicyclic amines) is 1. The van der Waals surface area contributed by atoms with Crippen LogP contribution in [0, 0.1) is 10.1 Å². The van der Waals surface area contributed by atoms with Gasteiger partial charge in [-0.1, -0.05) is 6.42 Å². The molecule has 0 N–H and O–H groups in total. The van der Waals surface area contributed by atoms with Crippen molar-refractivity contribution in [2.45, 2.75) is 32.2 Å². The Morgan fingerprint density at radius 2 is 2.33 bits per heavy atom. The van der Waals surface area contributed by atoms with Gasteiger partial charge < -0.3 is 4.74 Å². The lowest BCUT2D eigenvalue weighted by Crippen LogP contribution is -2.47. The summed E-state index contributed by atoms with van der Waals surface area (Å²) in [6.45, 7) is 2.38. The monoisotopic (exact) mass is 216 g/mol. The van der Waals surface area contributed by atoms with Gasteiger partial charge in [-0.3, -0.25) is 14.9 Å². The predicted octanol–water partition coefficient (Wildman–Crippen LogP) is 0.638. The van der Waals surface area contributed by atoms with Gasteiger partial charge in [0.2, 0.25) is 0 Å². The summed E-state index contributed by atoms with van der Waals surface area (Å²) in [7, 11) is 0. The molecule has 0 aliphatic carbocycles. The number of nitro groups is 1. The van der Waals surface area contributed by atoms with E-state index in [9.17, 15) is 14.9 Å². The first kappa shape index (κ1) is 11.9. The van der Waals surface area contributed by atoms with Crippen molar-refractivity contribution in [3.8, 4) is 0 Å². The number of carbonyl (C=O) groups excluding carboxylic acids is 1. The second-order valence-electron chi connectivity index (χ2n) is 3.55. The molecule has 1 aliphatic rings. The quantitative estimate of drug-likeness (QED) is 0.391. The zero-order valence-corrected chi connectivity index (χ0v) is 8.85. The molecule has 0 spiro atoms. The molecule has 0 aromatic rings. The Labute approximate surface area is 88.3 Å². The van der Waals surface area contributed by atoms with Crippen LogP contribution in [0.1, 0.15) is 26.2 Å². The van der Waals surface area contributed by atoms with Gasteiger partial charge in [0, 0.05) is 11.5 Å². The fraction of sp³-hybridized carbons (Fsp3) is 0.889. The largest absolute Gasteiger partial charge is 0.465 e. The van der Waals surface area contributed by atoms with Crippen molar-refractivity contribution in [3.05, 3.63) is 10.1 Å². The molecule has 0 bridgehead atoms. The van der Waals surface area contributed by atoms with Gasteiger partial charge in [0.05, 0.1) is 6.61 Å². The molecule has 6 nitrogen and oxygen atoms in total. The smallest absolute Gasteiger partial charge is 0.323 e. The average Bonchev–Trinajstić information content (AvgIpc) is 2.18. The molecule has 0 aromatic heterocycles. The van der Waals surface area contributed by atoms with Crippen molar-refractivity contribution in [3.63, 3.8) is 0 Å². The van der Waals surface area contributed by atoms with Crippen molar-refractivity contribution < 1.29 is 14.5 Å². The Hall–Kier alpha value is -1.17. The number of carbonyl (C=O) groups is 1. The minimum absolute atomic E-state index is 0.274. The Morgan fingerprint density at radius 3 is 2.93 bits per heavy atom. The number of rotatable bonds is 4. The first-order valence-electron chi connectivity index (χ1n) is 5.17. The Balaban J connectivity index is 2.56. The second kappa shape index (κ2) is 5.65. The van der Waals surface area contributed by atoms with Gasteiger partial charge in [0.15, 0.2) is 0 Å². The lowest BCUT2D eigenvalue weighted by atomic mass is 10.0. The Bertz CT molecular complexity index is 244. The van der Waals surface area contributed by atoms with Gasteiger partial charge in [0.1, 0.15) is 6.04 Å². The van der Waals surface area contributed by atoms with Crippen LogP contribution in [0.2, 0.25) is 0 Å². The molecular weight excluding hydrogens is 200 g/mol. The molecule has 86 valence electrons. The zero-order chi connectivity index (χ0) is 11.3. The summed E-state index contributed by atoms with van der Waals surface area (Å²) < 4.78 is 4.89. The highest BCUT2D eigenvalue weighted by atomic mass is 16.6. The third kappa shape index (κ3) is 3.47. The minimum atomic E-state index is -0.427. The second-order valence-corrected chi connectivity index (χ2v) is 3.55. The molecule has 1 fully saturated rings. The average molecular weight is 216 g/mol. The number of ether oxygens (including phenoxy) is 1. The molecule has 6 heteroatoms. The highest BCUT2D eigenvalue weighted by molar-refractivity contribution is 5.75. The van der Waals surface area contributed by atoms with Crippen molar-refractivity contribution in [2.24, 2.45) is 0 Å². The van der Waals surface area contributed by atoms with Gasteiger partial charge in [-0.15, -0.1) is 0 Å². The lowest BCUT2D eigenvalue weighted by molar-refractivity contribution is -0.506. The van der Waals surface area contributed by atoms with Crippen LogP contribution in [0.3, 0.4) is 0 Å². The van der Waals surface area contributed by atoms with Crippen molar-refractivity contribution in [1.82, 2.24) is 4.90 Å². The first-order valence-corrected chi connectivity index (χ1v) is 5.17. The number of hydrogen-bond donors (Lipinski definition) is 0. The minimum Gasteiger partial charge on any atom is -0.465 e. The standard InChI is InChI=1S/C9H16N2O4/c1-2-15-9(12)8-5-3-4-6-10(8)7-11(13)14/h8H,2-7H2,1H3/t8-/m0/s1. The summed E-state index contributed by atoms with van der Waals surface area (Å²) in [6.07, 6.45) is 2.49. The summed E-state index contributed by atoms with van der Waals surface area (Å²) in [6, 6.07) is -0.427. The highest BCUT2D eigenvalue weighted by Crippen LogP contribution is 2.17. The van der Waals surface area contributed by atoms with Crippen LogP contribution in [0.15, 0.2) is 0 Å². The fourth-order valence-corrected chi connectivity index (χ4v) is 1.81. The zero-order valence-electron chi connectivity index (χ0n) is 8.85. The summed E-state index contributed by atoms with van der Waals surface area (Å²) in [5.41, 5.74) is 0. The van der Waals surface area contributed by atoms with Gasteiger partial charge in [-0.2, -0.15) is 0 Å². The van der Waals surface area contributed by atoms with E-state index in [4.69, 9.17) is 4.74 Å². The predicted molar refractivity (Wildman–Crippen MR) is 52.8 cm³/mol. The molecule has 1 saturated heterocycles. The van der Waals surface area contributed by atoms with E-state index in [1.165, 1.54) is 0 Å². The molecular formula is C9H16N2O4. The highest BCUT2D eigenvalue weighted by Gasteiger charge is 2.32. The first-order chi connectivity index (χ1) is 7.15. The lowest BCUT2D eigenvalue weighted by Gasteiger charge is -2.30. The molecule has 0 radical (unpaired) electrons. The van der Waals surface area contributed by atoms with Crippen molar-refractivity contribution in [2.75, 3.05) is 19.8 Å². The molecule has 0 aromatic carbocycles. The molecule has 1 aliphatic heterocycles. The maximum Gasteiger partial charge on any atom is 0.323 e. The molecule has 1 rings (SSSR count). The topological polar surface area (TPSA) is 72.7 Å². The summed E-state index contributed by atoms with van der Waals surface area (Å²) in [5, 5.41) is 10.4. The van der Waals surface area contributed by atoms with Crippen LogP contribution in [0.4, 0.5) is 0 Å². The van der Waals surface area contributed by atoms with Gasteiger partial charge in [0.25, 0.3) is 6.67 Å². The molecule has 1 atom stereocenters. The maximum atomic E-state index is 11.5. The van der Waals surface area contributed by atoms with Crippen LogP contribution < -0.4 is 0 Å². The van der Waals surface area contributed by atoms with Crippen molar-refractivity contribution >= 4 is 5.97 Å². The number of esters is 1. The van der Waals surface area contributed by atoms with E-state index < -0.39 is 11.0 Å². The van der Waals surface area contributed by atoms with Gasteiger partial charge >= 0.3 is 5.97 Å². The molecule has 0 unspecified atom stereocenters. The van der Waals surface area contributed by atoms with Crippen LogP contribution in [-0.4, -0.2) is 41.7 Å². The summed E-state index contributed by atoms with van der Waals surface area (Å²) in [4.78, 5) is 23.1. The third-order valence-corrected chi connectivity index (χ3v) is 2.47. The van der Waals surface area contributed by atoms with Crippen LogP contribution in [-0.2, 0) is 9.53 Å². The molecule has 0 amide bonds. The molecule has 15 heavy (non-hydrogen) atoms. The van der Waals surface area contributed by atoms with Crippen LogP contribution in [0.5, 0.6) is 0 Å². The normalized spacial score (nSPS) is 22.3. The van der Waals surface area contributed by atoms with Crippen LogP contribution in [0.25, 0.3) is 0 Å². The number of hydrogen-bond acceptors (Lipinski definition) is 5. The van der Waals surface area contributed by atoms with E-state index in [1.807, 2.05) is 0 Å². The Kier molecular flexibility index (Phi) is 4.48. The van der Waals surface area contributed by atoms with E-state index in [0.717, 1.165) is 12.8 Å². The van der Waals surface area contributed by atoms with Crippen molar-refractivity contribution in [1.29, 1.82) is 0 Å². The van der Waals surface area contributed by atoms with Gasteiger partial charge in [-0.25, -0.2) is 4.90 Å². The number of nitrogens with zero attached hydrogens (tertiary/aromatic N) is 2. The molecule has 1 heterocycles. The third-order valence-electron chi connectivity index (χ3n) is 2.47. The summed E-state index contributed by atoms with van der Waals surface area (Å²) in [5.74, 6) is -0.334. The van der Waals surface area contributed by atoms with E-state index >= 15 is 0 Å². The van der Waals surface area contributed by atoms with E-state index in [-0.39, 0.29) is 12.6 Å². The van der Waals surface area contributed by atoms with Crippen LogP contribution >= 0.6 is 0 Å². The fourth-order valence-electron chi connectivity index (χ4n) is 1.81. The SMILES string of the molecule is CCOC(=O)[C@@H]1CCCCN1C[N+](=O)[O-]. The Morgan fingerprint density at radius 1 is 1.60 bits per heavy atom. The van der Waals surface area contributed by atoms with E-state index in [1.54, 1.807) is 11.8 Å². The maximum absolute atomic E-state index is 11.5. The van der Waals surface area contributed by atoms with E-state index in [0.29, 0.717) is 19.6 Å². The molecule has 0 saturated carbocycles. The van der Waals surface area contributed by atoms with Gasteiger partial charge in [-0.05, 0) is 19.8 Å².